The van der Waals surface area contributed by atoms with Gasteiger partial charge in [-0.25, -0.2) is 4.39 Å². The lowest BCUT2D eigenvalue weighted by Crippen LogP contribution is -2.21. The van der Waals surface area contributed by atoms with Crippen LogP contribution in [0.25, 0.3) is 0 Å². The highest BCUT2D eigenvalue weighted by atomic mass is 19.1. The number of halogens is 1. The number of nitrogens with zero attached hydrogens (tertiary/aromatic N) is 2. The van der Waals surface area contributed by atoms with Crippen LogP contribution in [-0.2, 0) is 6.54 Å². The lowest BCUT2D eigenvalue weighted by molar-refractivity contribution is 0.175. The Labute approximate surface area is 93.7 Å². The monoisotopic (exact) mass is 220 g/mol. The van der Waals surface area contributed by atoms with Crippen molar-refractivity contribution in [1.82, 2.24) is 4.90 Å². The normalized spacial score (nSPS) is 20.9. The summed E-state index contributed by atoms with van der Waals surface area (Å²) in [6.45, 7) is 2.03. The molecule has 1 saturated heterocycles. The molecule has 0 bridgehead atoms. The summed E-state index contributed by atoms with van der Waals surface area (Å²) in [4.78, 5) is 2.06. The molecule has 0 aliphatic carbocycles. The van der Waals surface area contributed by atoms with Gasteiger partial charge in [0.15, 0.2) is 0 Å². The fraction of sp³-hybridized carbons (Fsp3) is 0.417. The van der Waals surface area contributed by atoms with Crippen molar-refractivity contribution < 1.29 is 9.50 Å². The molecule has 0 aromatic heterocycles. The van der Waals surface area contributed by atoms with E-state index in [1.54, 1.807) is 6.07 Å². The molecule has 1 aliphatic rings. The lowest BCUT2D eigenvalue weighted by Gasteiger charge is -2.14. The molecule has 84 valence electrons. The maximum atomic E-state index is 13.1. The van der Waals surface area contributed by atoms with Crippen molar-refractivity contribution in [2.24, 2.45) is 0 Å². The number of hydrogen-bond acceptors (Lipinski definition) is 3. The molecule has 0 radical (unpaired) electrons. The van der Waals surface area contributed by atoms with Gasteiger partial charge in [-0.2, -0.15) is 5.26 Å². The smallest absolute Gasteiger partial charge is 0.124 e. The third-order valence-corrected chi connectivity index (χ3v) is 2.74. The largest absolute Gasteiger partial charge is 0.392 e. The first-order valence-electron chi connectivity index (χ1n) is 5.27. The van der Waals surface area contributed by atoms with Crippen LogP contribution in [0.2, 0.25) is 0 Å². The first-order valence-corrected chi connectivity index (χ1v) is 5.27. The molecule has 0 saturated carbocycles. The molecule has 1 aromatic carbocycles. The fourth-order valence-electron chi connectivity index (χ4n) is 2.02. The predicted octanol–water partition coefficient (Wildman–Crippen LogP) is 1.26. The minimum absolute atomic E-state index is 0.274. The predicted molar refractivity (Wildman–Crippen MR) is 57.0 cm³/mol. The quantitative estimate of drug-likeness (QED) is 0.816. The van der Waals surface area contributed by atoms with Gasteiger partial charge in [0.25, 0.3) is 0 Å². The molecule has 1 N–H and O–H groups in total. The summed E-state index contributed by atoms with van der Waals surface area (Å²) in [6, 6.07) is 6.28. The van der Waals surface area contributed by atoms with Gasteiger partial charge in [0.2, 0.25) is 0 Å². The van der Waals surface area contributed by atoms with Crippen LogP contribution in [0.15, 0.2) is 18.2 Å². The van der Waals surface area contributed by atoms with E-state index in [4.69, 9.17) is 5.26 Å². The van der Waals surface area contributed by atoms with Crippen LogP contribution in [0.4, 0.5) is 4.39 Å². The zero-order valence-corrected chi connectivity index (χ0v) is 8.86. The van der Waals surface area contributed by atoms with Crippen molar-refractivity contribution in [3.63, 3.8) is 0 Å². The van der Waals surface area contributed by atoms with Crippen molar-refractivity contribution in [2.75, 3.05) is 13.1 Å². The number of aliphatic hydroxyl groups is 1. The first kappa shape index (κ1) is 11.1. The number of rotatable bonds is 2. The second kappa shape index (κ2) is 4.60. The maximum absolute atomic E-state index is 13.1. The second-order valence-electron chi connectivity index (χ2n) is 4.14. The van der Waals surface area contributed by atoms with Gasteiger partial charge < -0.3 is 5.11 Å². The molecule has 16 heavy (non-hydrogen) atoms. The Balaban J connectivity index is 2.10. The van der Waals surface area contributed by atoms with Crippen LogP contribution < -0.4 is 0 Å². The SMILES string of the molecule is N#Cc1cc(F)cc(CN2CC[C@@H](O)C2)c1. The van der Waals surface area contributed by atoms with E-state index in [9.17, 15) is 9.50 Å². The summed E-state index contributed by atoms with van der Waals surface area (Å²) < 4.78 is 13.1. The molecule has 1 aliphatic heterocycles. The summed E-state index contributed by atoms with van der Waals surface area (Å²) in [5.74, 6) is -0.381. The highest BCUT2D eigenvalue weighted by Crippen LogP contribution is 2.15. The summed E-state index contributed by atoms with van der Waals surface area (Å²) in [7, 11) is 0. The van der Waals surface area contributed by atoms with E-state index in [2.05, 4.69) is 4.90 Å². The van der Waals surface area contributed by atoms with Crippen molar-refractivity contribution in [3.05, 3.63) is 35.1 Å². The first-order chi connectivity index (χ1) is 7.67. The van der Waals surface area contributed by atoms with E-state index >= 15 is 0 Å². The van der Waals surface area contributed by atoms with Crippen molar-refractivity contribution in [2.45, 2.75) is 19.1 Å². The van der Waals surface area contributed by atoms with Crippen LogP contribution in [0.1, 0.15) is 17.5 Å². The molecule has 0 spiro atoms. The molecule has 3 nitrogen and oxygen atoms in total. The van der Waals surface area contributed by atoms with E-state index in [-0.39, 0.29) is 11.9 Å². The Bertz CT molecular complexity index is 428. The molecule has 0 amide bonds. The Morgan fingerprint density at radius 1 is 1.50 bits per heavy atom. The number of benzene rings is 1. The van der Waals surface area contributed by atoms with Gasteiger partial charge in [-0.05, 0) is 30.2 Å². The summed E-state index contributed by atoms with van der Waals surface area (Å²) in [5.41, 5.74) is 1.13. The minimum Gasteiger partial charge on any atom is -0.392 e. The standard InChI is InChI=1S/C12H13FN2O/c13-11-4-9(6-14)3-10(5-11)7-15-2-1-12(16)8-15/h3-5,12,16H,1-2,7-8H2/t12-/m1/s1. The van der Waals surface area contributed by atoms with Crippen LogP contribution in [-0.4, -0.2) is 29.2 Å². The fourth-order valence-corrected chi connectivity index (χ4v) is 2.02. The summed E-state index contributed by atoms with van der Waals surface area (Å²) in [5, 5.41) is 18.1. The average molecular weight is 220 g/mol. The highest BCUT2D eigenvalue weighted by Gasteiger charge is 2.20. The Kier molecular flexibility index (Phi) is 3.18. The van der Waals surface area contributed by atoms with E-state index < -0.39 is 0 Å². The lowest BCUT2D eigenvalue weighted by atomic mass is 10.1. The van der Waals surface area contributed by atoms with Gasteiger partial charge in [-0.15, -0.1) is 0 Å². The molecular weight excluding hydrogens is 207 g/mol. The van der Waals surface area contributed by atoms with Gasteiger partial charge in [0.05, 0.1) is 17.7 Å². The van der Waals surface area contributed by atoms with Gasteiger partial charge in [0, 0.05) is 19.6 Å². The number of nitriles is 1. The Hall–Kier alpha value is -1.44. The number of aliphatic hydroxyl groups excluding tert-OH is 1. The highest BCUT2D eigenvalue weighted by molar-refractivity contribution is 5.33. The summed E-state index contributed by atoms with van der Waals surface area (Å²) >= 11 is 0. The molecule has 4 heteroatoms. The van der Waals surface area contributed by atoms with Gasteiger partial charge in [0.1, 0.15) is 5.82 Å². The third-order valence-electron chi connectivity index (χ3n) is 2.74. The van der Waals surface area contributed by atoms with Gasteiger partial charge in [-0.3, -0.25) is 4.90 Å². The molecule has 2 rings (SSSR count). The van der Waals surface area contributed by atoms with Crippen LogP contribution in [0.3, 0.4) is 0 Å². The van der Waals surface area contributed by atoms with E-state index in [1.807, 2.05) is 6.07 Å². The molecule has 0 unspecified atom stereocenters. The molecule has 1 heterocycles. The third kappa shape index (κ3) is 2.57. The van der Waals surface area contributed by atoms with Gasteiger partial charge >= 0.3 is 0 Å². The van der Waals surface area contributed by atoms with Crippen molar-refractivity contribution in [1.29, 1.82) is 5.26 Å². The van der Waals surface area contributed by atoms with E-state index in [1.165, 1.54) is 12.1 Å². The zero-order chi connectivity index (χ0) is 11.5. The Morgan fingerprint density at radius 2 is 2.31 bits per heavy atom. The second-order valence-corrected chi connectivity index (χ2v) is 4.14. The van der Waals surface area contributed by atoms with Crippen molar-refractivity contribution in [3.8, 4) is 6.07 Å². The average Bonchev–Trinajstić information content (AvgIpc) is 2.63. The Morgan fingerprint density at radius 3 is 2.94 bits per heavy atom. The minimum atomic E-state index is -0.381. The molecular formula is C12H13FN2O. The molecule has 1 atom stereocenters. The topological polar surface area (TPSA) is 47.3 Å². The zero-order valence-electron chi connectivity index (χ0n) is 8.86. The summed E-state index contributed by atoms with van der Waals surface area (Å²) in [6.07, 6.45) is 0.490. The number of hydrogen-bond donors (Lipinski definition) is 1. The molecule has 1 fully saturated rings. The van der Waals surface area contributed by atoms with E-state index in [0.29, 0.717) is 18.7 Å². The van der Waals surface area contributed by atoms with Crippen LogP contribution in [0, 0.1) is 17.1 Å². The number of likely N-dealkylation sites (tertiary alicyclic amines) is 1. The van der Waals surface area contributed by atoms with Crippen LogP contribution in [0.5, 0.6) is 0 Å². The van der Waals surface area contributed by atoms with Crippen LogP contribution >= 0.6 is 0 Å². The maximum Gasteiger partial charge on any atom is 0.124 e. The van der Waals surface area contributed by atoms with E-state index in [0.717, 1.165) is 18.5 Å². The van der Waals surface area contributed by atoms with Gasteiger partial charge in [-0.1, -0.05) is 0 Å². The molecule has 1 aromatic rings. The number of β-amino-alcohol motifs (C(OH)–C–C–N with tert-alkyl or cyclic N) is 1. The van der Waals surface area contributed by atoms with Crippen molar-refractivity contribution >= 4 is 0 Å².